The van der Waals surface area contributed by atoms with Gasteiger partial charge in [-0.05, 0) is 12.1 Å². The number of halogens is 2. The van der Waals surface area contributed by atoms with Crippen LogP contribution in [0, 0.1) is 11.6 Å². The second kappa shape index (κ2) is 6.14. The van der Waals surface area contributed by atoms with Crippen molar-refractivity contribution < 1.29 is 31.9 Å². The maximum atomic E-state index is 13.8. The molecular weight excluding hydrogens is 310 g/mol. The molecule has 0 aromatic heterocycles. The fourth-order valence-corrected chi connectivity index (χ4v) is 2.38. The Morgan fingerprint density at radius 3 is 2.33 bits per heavy atom. The topological polar surface area (TPSA) is 104 Å². The third-order valence-corrected chi connectivity index (χ3v) is 3.89. The van der Waals surface area contributed by atoms with Crippen LogP contribution in [0.2, 0.25) is 0 Å². The molecule has 0 bridgehead atoms. The Labute approximate surface area is 119 Å². The Bertz CT molecular complexity index is 688. The van der Waals surface area contributed by atoms with Gasteiger partial charge in [0, 0.05) is 14.1 Å². The molecule has 0 aliphatic heterocycles. The van der Waals surface area contributed by atoms with Gasteiger partial charge in [0.15, 0.2) is 5.82 Å². The highest BCUT2D eigenvalue weighted by atomic mass is 32.2. The zero-order valence-electron chi connectivity index (χ0n) is 11.1. The van der Waals surface area contributed by atoms with Crippen molar-refractivity contribution in [2.45, 2.75) is 4.90 Å². The molecule has 1 rings (SSSR count). The maximum Gasteiger partial charge on any atom is 0.341 e. The number of amides is 1. The SMILES string of the molecule is CN(C)C(=O)CNS(=O)(=O)c1ccc(F)c(C(=O)O)c1F. The fourth-order valence-electron chi connectivity index (χ4n) is 1.33. The highest BCUT2D eigenvalue weighted by molar-refractivity contribution is 7.89. The van der Waals surface area contributed by atoms with Crippen LogP contribution in [-0.2, 0) is 14.8 Å². The standard InChI is InChI=1S/C11H12F2N2O5S/c1-15(2)8(16)5-14-21(19,20)7-4-3-6(12)9(10(7)13)11(17)18/h3-4,14H,5H2,1-2H3,(H,17,18). The molecule has 1 aromatic carbocycles. The molecular formula is C11H12F2N2O5S. The number of aromatic carboxylic acids is 1. The number of carboxylic acids is 1. The van der Waals surface area contributed by atoms with E-state index in [2.05, 4.69) is 0 Å². The van der Waals surface area contributed by atoms with Crippen molar-refractivity contribution in [1.29, 1.82) is 0 Å². The van der Waals surface area contributed by atoms with Crippen molar-refractivity contribution in [2.24, 2.45) is 0 Å². The van der Waals surface area contributed by atoms with Crippen LogP contribution in [-0.4, -0.2) is 50.9 Å². The monoisotopic (exact) mass is 322 g/mol. The van der Waals surface area contributed by atoms with Crippen LogP contribution in [0.15, 0.2) is 17.0 Å². The zero-order chi connectivity index (χ0) is 16.4. The van der Waals surface area contributed by atoms with Gasteiger partial charge in [-0.2, -0.15) is 0 Å². The number of carbonyl (C=O) groups excluding carboxylic acids is 1. The van der Waals surface area contributed by atoms with Crippen molar-refractivity contribution in [1.82, 2.24) is 9.62 Å². The van der Waals surface area contributed by atoms with Crippen molar-refractivity contribution in [3.63, 3.8) is 0 Å². The van der Waals surface area contributed by atoms with Gasteiger partial charge in [0.25, 0.3) is 0 Å². The Balaban J connectivity index is 3.18. The predicted molar refractivity (Wildman–Crippen MR) is 67.2 cm³/mol. The van der Waals surface area contributed by atoms with Crippen LogP contribution in [0.5, 0.6) is 0 Å². The molecule has 7 nitrogen and oxygen atoms in total. The molecule has 1 aromatic rings. The fraction of sp³-hybridized carbons (Fsp3) is 0.273. The lowest BCUT2D eigenvalue weighted by Crippen LogP contribution is -2.36. The molecule has 0 radical (unpaired) electrons. The van der Waals surface area contributed by atoms with Crippen LogP contribution in [0.25, 0.3) is 0 Å². The Kier molecular flexibility index (Phi) is 4.97. The number of likely N-dealkylation sites (N-methyl/N-ethyl adjacent to an activating group) is 1. The summed E-state index contributed by atoms with van der Waals surface area (Å²) in [5, 5.41) is 8.67. The smallest absolute Gasteiger partial charge is 0.341 e. The molecule has 0 aliphatic rings. The molecule has 10 heteroatoms. The van der Waals surface area contributed by atoms with Gasteiger partial charge in [0.1, 0.15) is 16.3 Å². The minimum absolute atomic E-state index is 0.523. The zero-order valence-corrected chi connectivity index (χ0v) is 11.9. The number of hydrogen-bond acceptors (Lipinski definition) is 4. The quantitative estimate of drug-likeness (QED) is 0.796. The minimum Gasteiger partial charge on any atom is -0.477 e. The van der Waals surface area contributed by atoms with E-state index in [1.165, 1.54) is 14.1 Å². The van der Waals surface area contributed by atoms with E-state index in [1.807, 2.05) is 4.72 Å². The van der Waals surface area contributed by atoms with E-state index in [9.17, 15) is 26.8 Å². The summed E-state index contributed by atoms with van der Waals surface area (Å²) in [5.41, 5.74) is -1.38. The Morgan fingerprint density at radius 2 is 1.86 bits per heavy atom. The molecule has 21 heavy (non-hydrogen) atoms. The molecule has 0 spiro atoms. The number of nitrogens with zero attached hydrogens (tertiary/aromatic N) is 1. The summed E-state index contributed by atoms with van der Waals surface area (Å²) in [4.78, 5) is 22.1. The van der Waals surface area contributed by atoms with E-state index in [1.54, 1.807) is 0 Å². The van der Waals surface area contributed by atoms with Gasteiger partial charge < -0.3 is 10.0 Å². The second-order valence-electron chi connectivity index (χ2n) is 4.15. The summed E-state index contributed by atoms with van der Waals surface area (Å²) < 4.78 is 52.5. The first kappa shape index (κ1) is 17.0. The summed E-state index contributed by atoms with van der Waals surface area (Å²) in [7, 11) is -1.72. The lowest BCUT2D eigenvalue weighted by Gasteiger charge is -2.12. The molecule has 1 amide bonds. The number of carbonyl (C=O) groups is 2. The average Bonchev–Trinajstić information content (AvgIpc) is 2.35. The molecule has 0 aliphatic carbocycles. The second-order valence-corrected chi connectivity index (χ2v) is 5.89. The van der Waals surface area contributed by atoms with Crippen LogP contribution in [0.3, 0.4) is 0 Å². The van der Waals surface area contributed by atoms with Gasteiger partial charge in [-0.15, -0.1) is 0 Å². The average molecular weight is 322 g/mol. The van der Waals surface area contributed by atoms with E-state index in [4.69, 9.17) is 5.11 Å². The van der Waals surface area contributed by atoms with Gasteiger partial charge in [-0.1, -0.05) is 0 Å². The summed E-state index contributed by atoms with van der Waals surface area (Å²) in [6.07, 6.45) is 0. The first-order valence-corrected chi connectivity index (χ1v) is 6.97. The van der Waals surface area contributed by atoms with E-state index >= 15 is 0 Å². The molecule has 0 unspecified atom stereocenters. The molecule has 2 N–H and O–H groups in total. The highest BCUT2D eigenvalue weighted by Gasteiger charge is 2.27. The van der Waals surface area contributed by atoms with Crippen LogP contribution >= 0.6 is 0 Å². The van der Waals surface area contributed by atoms with E-state index in [0.717, 1.165) is 4.90 Å². The Morgan fingerprint density at radius 1 is 1.29 bits per heavy atom. The molecule has 116 valence electrons. The van der Waals surface area contributed by atoms with Gasteiger partial charge in [0.2, 0.25) is 15.9 Å². The molecule has 0 saturated carbocycles. The lowest BCUT2D eigenvalue weighted by atomic mass is 10.2. The number of benzene rings is 1. The highest BCUT2D eigenvalue weighted by Crippen LogP contribution is 2.20. The molecule has 0 atom stereocenters. The number of sulfonamides is 1. The summed E-state index contributed by atoms with van der Waals surface area (Å²) in [6.45, 7) is -0.644. The molecule has 0 fully saturated rings. The van der Waals surface area contributed by atoms with Crippen LogP contribution in [0.1, 0.15) is 10.4 Å². The van der Waals surface area contributed by atoms with Gasteiger partial charge in [0.05, 0.1) is 6.54 Å². The van der Waals surface area contributed by atoms with Gasteiger partial charge >= 0.3 is 5.97 Å². The van der Waals surface area contributed by atoms with E-state index in [0.29, 0.717) is 12.1 Å². The largest absolute Gasteiger partial charge is 0.477 e. The lowest BCUT2D eigenvalue weighted by molar-refractivity contribution is -0.127. The maximum absolute atomic E-state index is 13.8. The summed E-state index contributed by atoms with van der Waals surface area (Å²) >= 11 is 0. The normalized spacial score (nSPS) is 11.2. The number of carboxylic acid groups (broad SMARTS) is 1. The first-order valence-electron chi connectivity index (χ1n) is 5.49. The van der Waals surface area contributed by atoms with E-state index in [-0.39, 0.29) is 0 Å². The minimum atomic E-state index is -4.49. The number of nitrogens with one attached hydrogen (secondary N) is 1. The first-order chi connectivity index (χ1) is 9.58. The van der Waals surface area contributed by atoms with Crippen molar-refractivity contribution >= 4 is 21.9 Å². The Hall–Kier alpha value is -2.07. The third kappa shape index (κ3) is 3.73. The van der Waals surface area contributed by atoms with Gasteiger partial charge in [-0.25, -0.2) is 26.7 Å². The third-order valence-electron chi connectivity index (χ3n) is 2.47. The van der Waals surface area contributed by atoms with Crippen molar-refractivity contribution in [2.75, 3.05) is 20.6 Å². The predicted octanol–water partition coefficient (Wildman–Crippen LogP) is 0.0295. The van der Waals surface area contributed by atoms with Gasteiger partial charge in [-0.3, -0.25) is 4.79 Å². The molecule has 0 heterocycles. The summed E-state index contributed by atoms with van der Waals surface area (Å²) in [5.74, 6) is -5.67. The summed E-state index contributed by atoms with van der Waals surface area (Å²) in [6, 6.07) is 1.11. The number of hydrogen-bond donors (Lipinski definition) is 2. The van der Waals surface area contributed by atoms with E-state index < -0.39 is 50.5 Å². The van der Waals surface area contributed by atoms with Crippen LogP contribution in [0.4, 0.5) is 8.78 Å². The number of rotatable bonds is 5. The molecule has 0 saturated heterocycles. The van der Waals surface area contributed by atoms with Crippen molar-refractivity contribution in [3.8, 4) is 0 Å². The van der Waals surface area contributed by atoms with Crippen molar-refractivity contribution in [3.05, 3.63) is 29.3 Å². The van der Waals surface area contributed by atoms with Crippen LogP contribution < -0.4 is 4.72 Å².